The molecule has 2 aromatic carbocycles. The fraction of sp³-hybridized carbons (Fsp3) is 0.350. The summed E-state index contributed by atoms with van der Waals surface area (Å²) < 4.78 is 31.3. The number of hydrogen-bond donors (Lipinski definition) is 1. The molecule has 2 rings (SSSR count). The number of para-hydroxylation sites is 1. The Morgan fingerprint density at radius 2 is 1.67 bits per heavy atom. The molecule has 6 nitrogen and oxygen atoms in total. The van der Waals surface area contributed by atoms with Crippen LogP contribution in [-0.2, 0) is 14.8 Å². The number of rotatable bonds is 9. The standard InChI is InChI=1S/C20H26N2O4S/c1-4-16(2)21-20(23)14-15-22(27(3,24)25)17-10-12-19(13-11-17)26-18-8-6-5-7-9-18/h5-13,16H,4,14-15H2,1-3H3,(H,21,23). The second kappa shape index (κ2) is 9.41. The summed E-state index contributed by atoms with van der Waals surface area (Å²) in [6.07, 6.45) is 2.05. The van der Waals surface area contributed by atoms with Gasteiger partial charge in [0.1, 0.15) is 11.5 Å². The molecule has 0 saturated heterocycles. The van der Waals surface area contributed by atoms with Gasteiger partial charge in [0.05, 0.1) is 11.9 Å². The van der Waals surface area contributed by atoms with Crippen molar-refractivity contribution >= 4 is 21.6 Å². The van der Waals surface area contributed by atoms with E-state index in [-0.39, 0.29) is 24.9 Å². The quantitative estimate of drug-likeness (QED) is 0.710. The zero-order valence-corrected chi connectivity index (χ0v) is 16.7. The minimum Gasteiger partial charge on any atom is -0.457 e. The third-order valence-corrected chi connectivity index (χ3v) is 5.26. The molecule has 2 aromatic rings. The van der Waals surface area contributed by atoms with Crippen LogP contribution >= 0.6 is 0 Å². The minimum atomic E-state index is -3.51. The number of carbonyl (C=O) groups is 1. The number of amides is 1. The largest absolute Gasteiger partial charge is 0.457 e. The van der Waals surface area contributed by atoms with Crippen molar-refractivity contribution in [2.45, 2.75) is 32.7 Å². The normalized spacial score (nSPS) is 12.3. The molecule has 1 atom stereocenters. The molecule has 0 spiro atoms. The van der Waals surface area contributed by atoms with Gasteiger partial charge >= 0.3 is 0 Å². The summed E-state index contributed by atoms with van der Waals surface area (Å²) in [4.78, 5) is 12.0. The highest BCUT2D eigenvalue weighted by Gasteiger charge is 2.19. The highest BCUT2D eigenvalue weighted by molar-refractivity contribution is 7.92. The Kier molecular flexibility index (Phi) is 7.24. The smallest absolute Gasteiger partial charge is 0.232 e. The number of carbonyl (C=O) groups excluding carboxylic acids is 1. The fourth-order valence-electron chi connectivity index (χ4n) is 2.44. The van der Waals surface area contributed by atoms with Crippen molar-refractivity contribution in [1.82, 2.24) is 5.32 Å². The van der Waals surface area contributed by atoms with Crippen molar-refractivity contribution in [1.29, 1.82) is 0 Å². The van der Waals surface area contributed by atoms with E-state index in [1.807, 2.05) is 44.2 Å². The molecule has 0 aliphatic rings. The molecule has 0 aliphatic carbocycles. The van der Waals surface area contributed by atoms with E-state index in [1.54, 1.807) is 24.3 Å². The lowest BCUT2D eigenvalue weighted by molar-refractivity contribution is -0.121. The maximum absolute atomic E-state index is 12.2. The van der Waals surface area contributed by atoms with Crippen molar-refractivity contribution < 1.29 is 17.9 Å². The summed E-state index contributed by atoms with van der Waals surface area (Å²) in [5.41, 5.74) is 0.495. The van der Waals surface area contributed by atoms with E-state index >= 15 is 0 Å². The van der Waals surface area contributed by atoms with Crippen molar-refractivity contribution in [2.24, 2.45) is 0 Å². The molecule has 7 heteroatoms. The first kappa shape index (κ1) is 20.8. The van der Waals surface area contributed by atoms with Gasteiger partial charge in [-0.15, -0.1) is 0 Å². The molecular weight excluding hydrogens is 364 g/mol. The average molecular weight is 391 g/mol. The molecule has 1 amide bonds. The second-order valence-electron chi connectivity index (χ2n) is 6.37. The highest BCUT2D eigenvalue weighted by atomic mass is 32.2. The highest BCUT2D eigenvalue weighted by Crippen LogP contribution is 2.25. The number of sulfonamides is 1. The van der Waals surface area contributed by atoms with Gasteiger partial charge in [-0.3, -0.25) is 9.10 Å². The summed E-state index contributed by atoms with van der Waals surface area (Å²) in [7, 11) is -3.51. The first-order valence-electron chi connectivity index (χ1n) is 8.89. The van der Waals surface area contributed by atoms with Crippen molar-refractivity contribution in [3.63, 3.8) is 0 Å². The molecular formula is C20H26N2O4S. The van der Waals surface area contributed by atoms with Gasteiger partial charge in [-0.1, -0.05) is 25.1 Å². The Balaban J connectivity index is 2.07. The van der Waals surface area contributed by atoms with E-state index in [0.29, 0.717) is 17.2 Å². The van der Waals surface area contributed by atoms with E-state index in [1.165, 1.54) is 4.31 Å². The lowest BCUT2D eigenvalue weighted by Gasteiger charge is -2.23. The Bertz CT molecular complexity index is 836. The van der Waals surface area contributed by atoms with Gasteiger partial charge in [0.25, 0.3) is 0 Å². The van der Waals surface area contributed by atoms with E-state index < -0.39 is 10.0 Å². The van der Waals surface area contributed by atoms with Crippen LogP contribution in [0, 0.1) is 0 Å². The Labute approximate surface area is 161 Å². The first-order chi connectivity index (χ1) is 12.8. The van der Waals surface area contributed by atoms with Crippen LogP contribution < -0.4 is 14.4 Å². The molecule has 0 aliphatic heterocycles. The van der Waals surface area contributed by atoms with Crippen LogP contribution in [0.3, 0.4) is 0 Å². The summed E-state index contributed by atoms with van der Waals surface area (Å²) in [5, 5.41) is 2.84. The molecule has 0 radical (unpaired) electrons. The third kappa shape index (κ3) is 6.60. The van der Waals surface area contributed by atoms with Crippen LogP contribution in [0.25, 0.3) is 0 Å². The van der Waals surface area contributed by atoms with Crippen LogP contribution in [0.5, 0.6) is 11.5 Å². The average Bonchev–Trinajstić information content (AvgIpc) is 2.63. The van der Waals surface area contributed by atoms with Crippen LogP contribution in [0.15, 0.2) is 54.6 Å². The maximum Gasteiger partial charge on any atom is 0.232 e. The van der Waals surface area contributed by atoms with Gasteiger partial charge in [0.2, 0.25) is 15.9 Å². The van der Waals surface area contributed by atoms with Crippen LogP contribution in [0.4, 0.5) is 5.69 Å². The zero-order valence-electron chi connectivity index (χ0n) is 15.9. The van der Waals surface area contributed by atoms with Gasteiger partial charge in [-0.25, -0.2) is 8.42 Å². The maximum atomic E-state index is 12.2. The van der Waals surface area contributed by atoms with Crippen molar-refractivity contribution in [3.05, 3.63) is 54.6 Å². The Hall–Kier alpha value is -2.54. The summed E-state index contributed by atoms with van der Waals surface area (Å²) in [6.45, 7) is 3.98. The molecule has 146 valence electrons. The first-order valence-corrected chi connectivity index (χ1v) is 10.7. The van der Waals surface area contributed by atoms with E-state index in [9.17, 15) is 13.2 Å². The van der Waals surface area contributed by atoms with Crippen LogP contribution in [0.2, 0.25) is 0 Å². The van der Waals surface area contributed by atoms with Gasteiger partial charge in [0, 0.05) is 19.0 Å². The number of hydrogen-bond acceptors (Lipinski definition) is 4. The second-order valence-corrected chi connectivity index (χ2v) is 8.28. The number of benzene rings is 2. The van der Waals surface area contributed by atoms with Gasteiger partial charge in [-0.2, -0.15) is 0 Å². The predicted molar refractivity (Wildman–Crippen MR) is 108 cm³/mol. The number of nitrogens with one attached hydrogen (secondary N) is 1. The van der Waals surface area contributed by atoms with Gasteiger partial charge in [0.15, 0.2) is 0 Å². The molecule has 1 N–H and O–H groups in total. The Morgan fingerprint density at radius 3 is 2.22 bits per heavy atom. The topological polar surface area (TPSA) is 75.7 Å². The number of ether oxygens (including phenoxy) is 1. The molecule has 1 unspecified atom stereocenters. The van der Waals surface area contributed by atoms with Crippen molar-refractivity contribution in [3.8, 4) is 11.5 Å². The van der Waals surface area contributed by atoms with Gasteiger partial charge < -0.3 is 10.1 Å². The van der Waals surface area contributed by atoms with E-state index in [4.69, 9.17) is 4.74 Å². The Morgan fingerprint density at radius 1 is 1.07 bits per heavy atom. The molecule has 0 heterocycles. The molecule has 0 fully saturated rings. The SMILES string of the molecule is CCC(C)NC(=O)CCN(c1ccc(Oc2ccccc2)cc1)S(C)(=O)=O. The monoisotopic (exact) mass is 390 g/mol. The fourth-order valence-corrected chi connectivity index (χ4v) is 3.37. The minimum absolute atomic E-state index is 0.0682. The molecule has 27 heavy (non-hydrogen) atoms. The summed E-state index contributed by atoms with van der Waals surface area (Å²) in [6, 6.07) is 16.2. The molecule has 0 aromatic heterocycles. The third-order valence-electron chi connectivity index (χ3n) is 4.07. The summed E-state index contributed by atoms with van der Waals surface area (Å²) in [5.74, 6) is 1.14. The number of nitrogens with zero attached hydrogens (tertiary/aromatic N) is 1. The van der Waals surface area contributed by atoms with Crippen molar-refractivity contribution in [2.75, 3.05) is 17.1 Å². The van der Waals surface area contributed by atoms with E-state index in [0.717, 1.165) is 12.7 Å². The lowest BCUT2D eigenvalue weighted by atomic mass is 10.2. The number of anilines is 1. The van der Waals surface area contributed by atoms with Gasteiger partial charge in [-0.05, 0) is 49.7 Å². The summed E-state index contributed by atoms with van der Waals surface area (Å²) >= 11 is 0. The van der Waals surface area contributed by atoms with Crippen LogP contribution in [0.1, 0.15) is 26.7 Å². The molecule has 0 bridgehead atoms. The van der Waals surface area contributed by atoms with E-state index in [2.05, 4.69) is 5.32 Å². The predicted octanol–water partition coefficient (Wildman–Crippen LogP) is 3.55. The molecule has 0 saturated carbocycles. The zero-order chi connectivity index (χ0) is 19.9. The van der Waals surface area contributed by atoms with Crippen LogP contribution in [-0.4, -0.2) is 33.2 Å². The lowest BCUT2D eigenvalue weighted by Crippen LogP contribution is -2.37.